The van der Waals surface area contributed by atoms with E-state index in [0.29, 0.717) is 19.2 Å². The van der Waals surface area contributed by atoms with Crippen molar-refractivity contribution in [3.05, 3.63) is 54.1 Å². The third-order valence-corrected chi connectivity index (χ3v) is 5.77. The molecule has 0 bridgehead atoms. The Bertz CT molecular complexity index is 833. The number of benzene rings is 2. The number of hydrogen-bond donors (Lipinski definition) is 0. The first-order valence-electron chi connectivity index (χ1n) is 7.70. The van der Waals surface area contributed by atoms with E-state index in [1.54, 1.807) is 0 Å². The molecule has 0 unspecified atom stereocenters. The van der Waals surface area contributed by atoms with Crippen molar-refractivity contribution in [2.45, 2.75) is 24.2 Å². The number of nitrogens with zero attached hydrogens (tertiary/aromatic N) is 1. The Kier molecular flexibility index (Phi) is 4.82. The van der Waals surface area contributed by atoms with Crippen LogP contribution >= 0.6 is 0 Å². The predicted molar refractivity (Wildman–Crippen MR) is 85.5 cm³/mol. The summed E-state index contributed by atoms with van der Waals surface area (Å²) in [6.45, 7) is 1.00. The molecule has 1 saturated heterocycles. The highest BCUT2D eigenvalue weighted by molar-refractivity contribution is 7.89. The fourth-order valence-corrected chi connectivity index (χ4v) is 4.19. The van der Waals surface area contributed by atoms with Gasteiger partial charge in [-0.05, 0) is 37.1 Å². The third-order valence-electron chi connectivity index (χ3n) is 3.88. The van der Waals surface area contributed by atoms with Crippen LogP contribution in [0, 0.1) is 11.6 Å². The summed E-state index contributed by atoms with van der Waals surface area (Å²) in [5, 5.41) is 0. The molecule has 1 aliphatic rings. The molecule has 1 heterocycles. The minimum absolute atomic E-state index is 0.101. The van der Waals surface area contributed by atoms with Crippen LogP contribution in [0.1, 0.15) is 19.3 Å². The zero-order valence-corrected chi connectivity index (χ0v) is 13.7. The summed E-state index contributed by atoms with van der Waals surface area (Å²) in [6, 6.07) is 8.85. The first kappa shape index (κ1) is 16.9. The SMILES string of the molecule is O=S(=O)(c1cccc(Oc2ccc(F)cc2F)c1)N1CCCCC1. The molecule has 3 rings (SSSR count). The molecule has 1 aliphatic heterocycles. The average molecular weight is 353 g/mol. The van der Waals surface area contributed by atoms with Gasteiger partial charge >= 0.3 is 0 Å². The minimum atomic E-state index is -3.59. The summed E-state index contributed by atoms with van der Waals surface area (Å²) in [4.78, 5) is 0.101. The smallest absolute Gasteiger partial charge is 0.243 e. The van der Waals surface area contributed by atoms with E-state index in [-0.39, 0.29) is 16.4 Å². The quantitative estimate of drug-likeness (QED) is 0.837. The van der Waals surface area contributed by atoms with Crippen LogP contribution in [-0.2, 0) is 10.0 Å². The van der Waals surface area contributed by atoms with Crippen molar-refractivity contribution in [2.24, 2.45) is 0 Å². The Morgan fingerprint density at radius 2 is 1.71 bits per heavy atom. The van der Waals surface area contributed by atoms with Gasteiger partial charge in [-0.3, -0.25) is 0 Å². The van der Waals surface area contributed by atoms with Crippen LogP contribution in [-0.4, -0.2) is 25.8 Å². The largest absolute Gasteiger partial charge is 0.454 e. The molecule has 4 nitrogen and oxygen atoms in total. The normalized spacial score (nSPS) is 16.1. The van der Waals surface area contributed by atoms with Crippen molar-refractivity contribution in [1.29, 1.82) is 0 Å². The van der Waals surface area contributed by atoms with Crippen LogP contribution in [0.5, 0.6) is 11.5 Å². The lowest BCUT2D eigenvalue weighted by Crippen LogP contribution is -2.35. The van der Waals surface area contributed by atoms with Crippen LogP contribution in [0.3, 0.4) is 0 Å². The second-order valence-corrected chi connectivity index (χ2v) is 7.55. The van der Waals surface area contributed by atoms with Gasteiger partial charge in [-0.15, -0.1) is 0 Å². The summed E-state index contributed by atoms with van der Waals surface area (Å²) in [5.74, 6) is -1.54. The zero-order chi connectivity index (χ0) is 17.2. The Hall–Kier alpha value is -1.99. The average Bonchev–Trinajstić information content (AvgIpc) is 2.58. The number of sulfonamides is 1. The third kappa shape index (κ3) is 3.57. The van der Waals surface area contributed by atoms with E-state index in [4.69, 9.17) is 4.74 Å². The molecular formula is C17H17F2NO3S. The molecule has 7 heteroatoms. The van der Waals surface area contributed by atoms with Crippen LogP contribution in [0.4, 0.5) is 8.78 Å². The molecule has 0 N–H and O–H groups in total. The molecule has 0 saturated carbocycles. The van der Waals surface area contributed by atoms with Gasteiger partial charge in [0, 0.05) is 25.2 Å². The lowest BCUT2D eigenvalue weighted by molar-refractivity contribution is 0.346. The molecule has 0 spiro atoms. The maximum Gasteiger partial charge on any atom is 0.243 e. The van der Waals surface area contributed by atoms with Gasteiger partial charge in [0.25, 0.3) is 0 Å². The number of halogens is 2. The lowest BCUT2D eigenvalue weighted by atomic mass is 10.2. The van der Waals surface area contributed by atoms with Crippen LogP contribution in [0.15, 0.2) is 47.4 Å². The van der Waals surface area contributed by atoms with Crippen LogP contribution in [0.25, 0.3) is 0 Å². The van der Waals surface area contributed by atoms with Gasteiger partial charge in [0.05, 0.1) is 4.90 Å². The van der Waals surface area contributed by atoms with Gasteiger partial charge in [-0.2, -0.15) is 4.31 Å². The van der Waals surface area contributed by atoms with E-state index in [1.807, 2.05) is 0 Å². The molecule has 0 aromatic heterocycles. The fraction of sp³-hybridized carbons (Fsp3) is 0.294. The maximum absolute atomic E-state index is 13.7. The van der Waals surface area contributed by atoms with E-state index in [9.17, 15) is 17.2 Å². The second-order valence-electron chi connectivity index (χ2n) is 5.62. The molecule has 1 fully saturated rings. The standard InChI is InChI=1S/C17H17F2NO3S/c18-13-7-8-17(16(19)11-13)23-14-5-4-6-15(12-14)24(21,22)20-9-2-1-3-10-20/h4-8,11-12H,1-3,9-10H2. The van der Waals surface area contributed by atoms with Crippen molar-refractivity contribution in [3.63, 3.8) is 0 Å². The lowest BCUT2D eigenvalue weighted by Gasteiger charge is -2.26. The van der Waals surface area contributed by atoms with E-state index >= 15 is 0 Å². The first-order valence-corrected chi connectivity index (χ1v) is 9.14. The highest BCUT2D eigenvalue weighted by atomic mass is 32.2. The van der Waals surface area contributed by atoms with Gasteiger partial charge < -0.3 is 4.74 Å². The topological polar surface area (TPSA) is 46.6 Å². The monoisotopic (exact) mass is 353 g/mol. The molecular weight excluding hydrogens is 336 g/mol. The van der Waals surface area contributed by atoms with E-state index in [1.165, 1.54) is 28.6 Å². The minimum Gasteiger partial charge on any atom is -0.454 e. The molecule has 0 amide bonds. The van der Waals surface area contributed by atoms with Crippen molar-refractivity contribution in [2.75, 3.05) is 13.1 Å². The van der Waals surface area contributed by atoms with Gasteiger partial charge in [0.2, 0.25) is 10.0 Å². The van der Waals surface area contributed by atoms with Crippen LogP contribution < -0.4 is 4.74 Å². The van der Waals surface area contributed by atoms with Crippen molar-refractivity contribution < 1.29 is 21.9 Å². The number of hydrogen-bond acceptors (Lipinski definition) is 3. The summed E-state index contributed by atoms with van der Waals surface area (Å²) in [6.07, 6.45) is 2.71. The summed E-state index contributed by atoms with van der Waals surface area (Å²) < 4.78 is 58.7. The Morgan fingerprint density at radius 1 is 0.958 bits per heavy atom. The van der Waals surface area contributed by atoms with Gasteiger partial charge in [0.15, 0.2) is 11.6 Å². The molecule has 24 heavy (non-hydrogen) atoms. The second kappa shape index (κ2) is 6.86. The predicted octanol–water partition coefficient (Wildman–Crippen LogP) is 3.93. The summed E-state index contributed by atoms with van der Waals surface area (Å²) in [7, 11) is -3.59. The zero-order valence-electron chi connectivity index (χ0n) is 12.9. The molecule has 0 aliphatic carbocycles. The molecule has 2 aromatic carbocycles. The number of piperidine rings is 1. The maximum atomic E-state index is 13.7. The summed E-state index contributed by atoms with van der Waals surface area (Å²) >= 11 is 0. The molecule has 2 aromatic rings. The Balaban J connectivity index is 1.86. The highest BCUT2D eigenvalue weighted by Crippen LogP contribution is 2.28. The van der Waals surface area contributed by atoms with Crippen molar-refractivity contribution >= 4 is 10.0 Å². The molecule has 0 radical (unpaired) electrons. The molecule has 0 atom stereocenters. The van der Waals surface area contributed by atoms with Gasteiger partial charge in [-0.25, -0.2) is 17.2 Å². The van der Waals surface area contributed by atoms with Crippen molar-refractivity contribution in [1.82, 2.24) is 4.31 Å². The van der Waals surface area contributed by atoms with Gasteiger partial charge in [-0.1, -0.05) is 12.5 Å². The number of rotatable bonds is 4. The number of ether oxygens (including phenoxy) is 1. The van der Waals surface area contributed by atoms with Crippen LogP contribution in [0.2, 0.25) is 0 Å². The first-order chi connectivity index (χ1) is 11.5. The van der Waals surface area contributed by atoms with E-state index in [2.05, 4.69) is 0 Å². The summed E-state index contributed by atoms with van der Waals surface area (Å²) in [5.41, 5.74) is 0. The Morgan fingerprint density at radius 3 is 2.42 bits per heavy atom. The van der Waals surface area contributed by atoms with E-state index in [0.717, 1.165) is 31.4 Å². The molecule has 128 valence electrons. The fourth-order valence-electron chi connectivity index (χ4n) is 2.64. The highest BCUT2D eigenvalue weighted by Gasteiger charge is 2.26. The van der Waals surface area contributed by atoms with Gasteiger partial charge in [0.1, 0.15) is 11.6 Å². The Labute approximate surface area is 139 Å². The van der Waals surface area contributed by atoms with E-state index < -0.39 is 21.7 Å². The van der Waals surface area contributed by atoms with Crippen molar-refractivity contribution in [3.8, 4) is 11.5 Å².